The van der Waals surface area contributed by atoms with Crippen molar-refractivity contribution < 1.29 is 13.9 Å². The third-order valence-corrected chi connectivity index (χ3v) is 4.38. The Morgan fingerprint density at radius 2 is 1.78 bits per heavy atom. The Labute approximate surface area is 106 Å². The maximum Gasteiger partial charge on any atom is 0.146 e. The zero-order valence-corrected chi connectivity index (χ0v) is 10.3. The van der Waals surface area contributed by atoms with Crippen molar-refractivity contribution in [3.8, 4) is 5.75 Å². The van der Waals surface area contributed by atoms with Crippen LogP contribution in [0.2, 0.25) is 0 Å². The van der Waals surface area contributed by atoms with Crippen LogP contribution < -0.4 is 4.74 Å². The average molecular weight is 248 g/mol. The summed E-state index contributed by atoms with van der Waals surface area (Å²) in [5.41, 5.74) is -0.230. The summed E-state index contributed by atoms with van der Waals surface area (Å²) in [5.74, 6) is 0.757. The predicted octanol–water partition coefficient (Wildman–Crippen LogP) is 3.50. The normalized spacial score (nSPS) is 25.8. The molecule has 0 bridgehead atoms. The Kier molecular flexibility index (Phi) is 2.84. The fourth-order valence-electron chi connectivity index (χ4n) is 3.23. The van der Waals surface area contributed by atoms with Gasteiger partial charge in [-0.15, -0.1) is 0 Å². The lowest BCUT2D eigenvalue weighted by Gasteiger charge is -2.49. The first-order chi connectivity index (χ1) is 8.71. The number of hydrogen-bond acceptors (Lipinski definition) is 2. The summed E-state index contributed by atoms with van der Waals surface area (Å²) < 4.78 is 18.7. The molecule has 0 heterocycles. The van der Waals surface area contributed by atoms with Gasteiger partial charge in [-0.2, -0.15) is 0 Å². The molecule has 1 aromatic rings. The van der Waals surface area contributed by atoms with Gasteiger partial charge in [0.15, 0.2) is 0 Å². The first kappa shape index (κ1) is 11.7. The summed E-state index contributed by atoms with van der Waals surface area (Å²) in [5, 5.41) is 0. The highest BCUT2D eigenvalue weighted by atomic mass is 19.1. The number of benzene rings is 1. The maximum atomic E-state index is 12.8. The largest absolute Gasteiger partial charge is 0.489 e. The molecule has 0 aliphatic heterocycles. The number of carbonyl (C=O) groups is 1. The van der Waals surface area contributed by atoms with Gasteiger partial charge < -0.3 is 4.74 Å². The van der Waals surface area contributed by atoms with Gasteiger partial charge in [0.25, 0.3) is 0 Å². The van der Waals surface area contributed by atoms with E-state index in [0.29, 0.717) is 18.0 Å². The third-order valence-electron chi connectivity index (χ3n) is 4.38. The summed E-state index contributed by atoms with van der Waals surface area (Å²) in [7, 11) is 0. The fourth-order valence-corrected chi connectivity index (χ4v) is 3.23. The van der Waals surface area contributed by atoms with Gasteiger partial charge in [-0.05, 0) is 37.1 Å². The van der Waals surface area contributed by atoms with Crippen molar-refractivity contribution in [2.75, 3.05) is 0 Å². The van der Waals surface area contributed by atoms with Gasteiger partial charge in [0, 0.05) is 6.42 Å². The molecule has 0 saturated heterocycles. The minimum absolute atomic E-state index is 0.00392. The molecule has 2 saturated carbocycles. The molecule has 18 heavy (non-hydrogen) atoms. The highest BCUT2D eigenvalue weighted by molar-refractivity contribution is 5.92. The van der Waals surface area contributed by atoms with E-state index in [4.69, 9.17) is 4.74 Å². The number of ketones is 1. The fraction of sp³-hybridized carbons (Fsp3) is 0.533. The van der Waals surface area contributed by atoms with Crippen molar-refractivity contribution in [3.63, 3.8) is 0 Å². The Bertz CT molecular complexity index is 446. The zero-order valence-electron chi connectivity index (χ0n) is 10.3. The van der Waals surface area contributed by atoms with E-state index in [0.717, 1.165) is 25.7 Å². The summed E-state index contributed by atoms with van der Waals surface area (Å²) in [4.78, 5) is 11.9. The van der Waals surface area contributed by atoms with Gasteiger partial charge in [-0.25, -0.2) is 4.39 Å². The number of carbonyl (C=O) groups excluding carboxylic acids is 1. The first-order valence-corrected chi connectivity index (χ1v) is 6.66. The van der Waals surface area contributed by atoms with Crippen LogP contribution >= 0.6 is 0 Å². The van der Waals surface area contributed by atoms with Crippen molar-refractivity contribution >= 4 is 5.78 Å². The van der Waals surface area contributed by atoms with Gasteiger partial charge in [0.2, 0.25) is 0 Å². The van der Waals surface area contributed by atoms with Crippen LogP contribution in [-0.4, -0.2) is 11.9 Å². The number of halogens is 1. The van der Waals surface area contributed by atoms with Gasteiger partial charge >= 0.3 is 0 Å². The zero-order chi connectivity index (χ0) is 12.6. The summed E-state index contributed by atoms with van der Waals surface area (Å²) >= 11 is 0. The van der Waals surface area contributed by atoms with Crippen molar-refractivity contribution in [3.05, 3.63) is 30.1 Å². The lowest BCUT2D eigenvalue weighted by molar-refractivity contribution is -0.156. The van der Waals surface area contributed by atoms with E-state index < -0.39 is 0 Å². The highest BCUT2D eigenvalue weighted by Gasteiger charge is 2.56. The van der Waals surface area contributed by atoms with Crippen molar-refractivity contribution in [2.24, 2.45) is 5.41 Å². The molecule has 2 nitrogen and oxygen atoms in total. The van der Waals surface area contributed by atoms with Gasteiger partial charge in [0.1, 0.15) is 23.5 Å². The van der Waals surface area contributed by atoms with E-state index in [9.17, 15) is 9.18 Å². The molecule has 2 aliphatic rings. The second kappa shape index (κ2) is 4.38. The van der Waals surface area contributed by atoms with Crippen molar-refractivity contribution in [2.45, 2.75) is 44.6 Å². The van der Waals surface area contributed by atoms with Crippen LogP contribution in [-0.2, 0) is 4.79 Å². The lowest BCUT2D eigenvalue weighted by atomic mass is 9.57. The molecular weight excluding hydrogens is 231 g/mol. The van der Waals surface area contributed by atoms with E-state index >= 15 is 0 Å². The van der Waals surface area contributed by atoms with E-state index in [1.54, 1.807) is 12.1 Å². The Morgan fingerprint density at radius 1 is 1.11 bits per heavy atom. The number of ether oxygens (including phenoxy) is 1. The molecule has 2 aliphatic carbocycles. The quantitative estimate of drug-likeness (QED) is 0.800. The monoisotopic (exact) mass is 248 g/mol. The van der Waals surface area contributed by atoms with Crippen LogP contribution in [0.4, 0.5) is 4.39 Å². The lowest BCUT2D eigenvalue weighted by Crippen LogP contribution is -2.57. The highest BCUT2D eigenvalue weighted by Crippen LogP contribution is 2.50. The molecule has 1 spiro atoms. The molecule has 0 aromatic heterocycles. The van der Waals surface area contributed by atoms with Crippen LogP contribution in [0.25, 0.3) is 0 Å². The Hall–Kier alpha value is -1.38. The average Bonchev–Trinajstić information content (AvgIpc) is 2.42. The standard InChI is InChI=1S/C15H17FO2/c16-11-4-6-12(7-5-11)18-14-10-13(17)15(14)8-2-1-3-9-15/h4-7,14H,1-3,8-10H2. The molecule has 1 unspecified atom stereocenters. The maximum absolute atomic E-state index is 12.8. The van der Waals surface area contributed by atoms with Crippen molar-refractivity contribution in [1.29, 1.82) is 0 Å². The van der Waals surface area contributed by atoms with Gasteiger partial charge in [-0.1, -0.05) is 19.3 Å². The van der Waals surface area contributed by atoms with Crippen LogP contribution in [0, 0.1) is 11.2 Å². The topological polar surface area (TPSA) is 26.3 Å². The van der Waals surface area contributed by atoms with E-state index in [2.05, 4.69) is 0 Å². The molecule has 0 amide bonds. The molecule has 3 heteroatoms. The van der Waals surface area contributed by atoms with E-state index in [-0.39, 0.29) is 17.3 Å². The van der Waals surface area contributed by atoms with Crippen LogP contribution in [0.5, 0.6) is 5.75 Å². The first-order valence-electron chi connectivity index (χ1n) is 6.66. The summed E-state index contributed by atoms with van der Waals surface area (Å²) in [6.07, 6.45) is 5.88. The summed E-state index contributed by atoms with van der Waals surface area (Å²) in [6, 6.07) is 6.05. The number of rotatable bonds is 2. The molecule has 0 N–H and O–H groups in total. The smallest absolute Gasteiger partial charge is 0.146 e. The molecule has 1 aromatic carbocycles. The number of hydrogen-bond donors (Lipinski definition) is 0. The minimum atomic E-state index is -0.264. The third kappa shape index (κ3) is 1.82. The summed E-state index contributed by atoms with van der Waals surface area (Å²) in [6.45, 7) is 0. The molecule has 2 fully saturated rings. The molecule has 3 rings (SSSR count). The molecule has 0 radical (unpaired) electrons. The van der Waals surface area contributed by atoms with E-state index in [1.165, 1.54) is 18.6 Å². The Morgan fingerprint density at radius 3 is 2.39 bits per heavy atom. The van der Waals surface area contributed by atoms with Crippen molar-refractivity contribution in [1.82, 2.24) is 0 Å². The van der Waals surface area contributed by atoms with Crippen LogP contribution in [0.1, 0.15) is 38.5 Å². The second-order valence-electron chi connectivity index (χ2n) is 5.40. The second-order valence-corrected chi connectivity index (χ2v) is 5.40. The van der Waals surface area contributed by atoms with Crippen LogP contribution in [0.3, 0.4) is 0 Å². The SMILES string of the molecule is O=C1CC(Oc2ccc(F)cc2)C12CCCCC2. The number of Topliss-reactive ketones (excluding diaryl/α,β-unsaturated/α-hetero) is 1. The molecule has 96 valence electrons. The minimum Gasteiger partial charge on any atom is -0.489 e. The molecular formula is C15H17FO2. The van der Waals surface area contributed by atoms with Gasteiger partial charge in [0.05, 0.1) is 5.41 Å². The Balaban J connectivity index is 1.73. The predicted molar refractivity (Wildman–Crippen MR) is 66.0 cm³/mol. The van der Waals surface area contributed by atoms with E-state index in [1.807, 2.05) is 0 Å². The van der Waals surface area contributed by atoms with Gasteiger partial charge in [-0.3, -0.25) is 4.79 Å². The molecule has 1 atom stereocenters. The van der Waals surface area contributed by atoms with Crippen LogP contribution in [0.15, 0.2) is 24.3 Å².